The summed E-state index contributed by atoms with van der Waals surface area (Å²) >= 11 is 1.75. The molecular weight excluding hydrogens is 242 g/mol. The van der Waals surface area contributed by atoms with Crippen LogP contribution >= 0.6 is 11.3 Å². The largest absolute Gasteiger partial charge is 0.466 e. The molecule has 0 saturated carbocycles. The quantitative estimate of drug-likeness (QED) is 0.748. The van der Waals surface area contributed by atoms with E-state index < -0.39 is 0 Å². The molecule has 1 aromatic carbocycles. The van der Waals surface area contributed by atoms with E-state index in [1.54, 1.807) is 11.3 Å². The third kappa shape index (κ3) is 1.85. The van der Waals surface area contributed by atoms with Crippen molar-refractivity contribution in [3.05, 3.63) is 58.4 Å². The Hall–Kier alpha value is -1.58. The second-order valence-corrected chi connectivity index (χ2v) is 5.65. The van der Waals surface area contributed by atoms with Crippen LogP contribution in [0, 0.1) is 13.8 Å². The second kappa shape index (κ2) is 4.26. The van der Waals surface area contributed by atoms with E-state index in [1.165, 1.54) is 15.0 Å². The molecule has 0 fully saturated rings. The summed E-state index contributed by atoms with van der Waals surface area (Å²) in [5.41, 5.74) is 7.43. The van der Waals surface area contributed by atoms with Crippen molar-refractivity contribution in [1.82, 2.24) is 0 Å². The van der Waals surface area contributed by atoms with E-state index in [1.807, 2.05) is 19.9 Å². The first kappa shape index (κ1) is 11.5. The van der Waals surface area contributed by atoms with Gasteiger partial charge in [0.1, 0.15) is 11.5 Å². The summed E-state index contributed by atoms with van der Waals surface area (Å²) in [5, 5.41) is 1.26. The van der Waals surface area contributed by atoms with Crippen LogP contribution in [0.5, 0.6) is 0 Å². The molecule has 0 aliphatic carbocycles. The van der Waals surface area contributed by atoms with Gasteiger partial charge in [-0.2, -0.15) is 0 Å². The Bertz CT molecular complexity index is 662. The van der Waals surface area contributed by atoms with Crippen LogP contribution in [-0.2, 0) is 0 Å². The van der Waals surface area contributed by atoms with E-state index in [9.17, 15) is 0 Å². The standard InChI is InChI=1S/C15H15NOS/c1-9-7-12(10(2)17-9)15(16)14-8-11-5-3-4-6-13(11)18-14/h3-8,15H,16H2,1-2H3. The molecule has 0 amide bonds. The maximum absolute atomic E-state index is 6.34. The zero-order valence-electron chi connectivity index (χ0n) is 10.4. The van der Waals surface area contributed by atoms with Crippen molar-refractivity contribution in [2.24, 2.45) is 5.73 Å². The third-order valence-corrected chi connectivity index (χ3v) is 4.36. The molecule has 3 heteroatoms. The first-order chi connectivity index (χ1) is 8.65. The third-order valence-electron chi connectivity index (χ3n) is 3.17. The van der Waals surface area contributed by atoms with Crippen LogP contribution in [0.15, 0.2) is 40.8 Å². The number of rotatable bonds is 2. The summed E-state index contributed by atoms with van der Waals surface area (Å²) in [6.07, 6.45) is 0. The van der Waals surface area contributed by atoms with Crippen molar-refractivity contribution in [3.8, 4) is 0 Å². The fourth-order valence-electron chi connectivity index (χ4n) is 2.27. The van der Waals surface area contributed by atoms with Crippen LogP contribution in [-0.4, -0.2) is 0 Å². The first-order valence-electron chi connectivity index (χ1n) is 5.96. The highest BCUT2D eigenvalue weighted by molar-refractivity contribution is 7.19. The summed E-state index contributed by atoms with van der Waals surface area (Å²) < 4.78 is 6.83. The number of benzene rings is 1. The van der Waals surface area contributed by atoms with Crippen LogP contribution in [0.25, 0.3) is 10.1 Å². The van der Waals surface area contributed by atoms with Crippen molar-refractivity contribution < 1.29 is 4.42 Å². The van der Waals surface area contributed by atoms with Gasteiger partial charge in [-0.15, -0.1) is 11.3 Å². The van der Waals surface area contributed by atoms with Crippen LogP contribution in [0.4, 0.5) is 0 Å². The van der Waals surface area contributed by atoms with Gasteiger partial charge >= 0.3 is 0 Å². The molecule has 2 aromatic heterocycles. The SMILES string of the molecule is Cc1cc(C(N)c2cc3ccccc3s2)c(C)o1. The lowest BCUT2D eigenvalue weighted by atomic mass is 10.1. The van der Waals surface area contributed by atoms with Crippen LogP contribution in [0.1, 0.15) is 28.0 Å². The van der Waals surface area contributed by atoms with Crippen LogP contribution < -0.4 is 5.73 Å². The summed E-state index contributed by atoms with van der Waals surface area (Å²) in [4.78, 5) is 1.18. The van der Waals surface area contributed by atoms with Gasteiger partial charge in [-0.05, 0) is 37.4 Å². The topological polar surface area (TPSA) is 39.2 Å². The maximum Gasteiger partial charge on any atom is 0.106 e. The molecule has 92 valence electrons. The predicted octanol–water partition coefficient (Wildman–Crippen LogP) is 4.16. The molecule has 0 spiro atoms. The predicted molar refractivity (Wildman–Crippen MR) is 76.0 cm³/mol. The van der Waals surface area contributed by atoms with E-state index in [0.717, 1.165) is 17.1 Å². The zero-order valence-corrected chi connectivity index (χ0v) is 11.3. The first-order valence-corrected chi connectivity index (χ1v) is 6.78. The van der Waals surface area contributed by atoms with E-state index in [4.69, 9.17) is 10.2 Å². The van der Waals surface area contributed by atoms with Gasteiger partial charge in [0.25, 0.3) is 0 Å². The van der Waals surface area contributed by atoms with Crippen LogP contribution in [0.3, 0.4) is 0 Å². The minimum Gasteiger partial charge on any atom is -0.466 e. The molecule has 0 aliphatic rings. The molecule has 1 unspecified atom stereocenters. The lowest BCUT2D eigenvalue weighted by molar-refractivity contribution is 0.500. The summed E-state index contributed by atoms with van der Waals surface area (Å²) in [6.45, 7) is 3.92. The van der Waals surface area contributed by atoms with Crippen molar-refractivity contribution >= 4 is 21.4 Å². The van der Waals surface area contributed by atoms with Crippen molar-refractivity contribution in [2.45, 2.75) is 19.9 Å². The number of hydrogen-bond donors (Lipinski definition) is 1. The highest BCUT2D eigenvalue weighted by atomic mass is 32.1. The molecule has 0 bridgehead atoms. The minimum atomic E-state index is -0.0974. The number of thiophene rings is 1. The number of furan rings is 1. The minimum absolute atomic E-state index is 0.0974. The Labute approximate surface area is 110 Å². The van der Waals surface area contributed by atoms with Gasteiger partial charge in [0.2, 0.25) is 0 Å². The van der Waals surface area contributed by atoms with Gasteiger partial charge in [0.05, 0.1) is 6.04 Å². The normalized spacial score (nSPS) is 13.1. The number of fused-ring (bicyclic) bond motifs is 1. The average Bonchev–Trinajstić information content (AvgIpc) is 2.91. The van der Waals surface area contributed by atoms with E-state index in [2.05, 4.69) is 30.3 Å². The fourth-order valence-corrected chi connectivity index (χ4v) is 3.35. The number of hydrogen-bond acceptors (Lipinski definition) is 3. The maximum atomic E-state index is 6.34. The highest BCUT2D eigenvalue weighted by Crippen LogP contribution is 2.33. The van der Waals surface area contributed by atoms with Gasteiger partial charge in [-0.25, -0.2) is 0 Å². The molecule has 2 N–H and O–H groups in total. The van der Waals surface area contributed by atoms with Crippen molar-refractivity contribution in [2.75, 3.05) is 0 Å². The Morgan fingerprint density at radius 1 is 1.17 bits per heavy atom. The molecular formula is C15H15NOS. The van der Waals surface area contributed by atoms with Gasteiger partial charge in [0.15, 0.2) is 0 Å². The summed E-state index contributed by atoms with van der Waals surface area (Å²) in [5.74, 6) is 1.83. The number of nitrogens with two attached hydrogens (primary N) is 1. The molecule has 0 saturated heterocycles. The Morgan fingerprint density at radius 2 is 1.94 bits per heavy atom. The smallest absolute Gasteiger partial charge is 0.106 e. The molecule has 2 heterocycles. The van der Waals surface area contributed by atoms with Gasteiger partial charge in [-0.3, -0.25) is 0 Å². The second-order valence-electron chi connectivity index (χ2n) is 4.53. The van der Waals surface area contributed by atoms with Crippen LogP contribution in [0.2, 0.25) is 0 Å². The monoisotopic (exact) mass is 257 g/mol. The lowest BCUT2D eigenvalue weighted by Crippen LogP contribution is -2.10. The highest BCUT2D eigenvalue weighted by Gasteiger charge is 2.17. The fraction of sp³-hybridized carbons (Fsp3) is 0.200. The van der Waals surface area contributed by atoms with E-state index in [0.29, 0.717) is 0 Å². The zero-order chi connectivity index (χ0) is 12.7. The van der Waals surface area contributed by atoms with Crippen molar-refractivity contribution in [3.63, 3.8) is 0 Å². The Balaban J connectivity index is 2.06. The summed E-state index contributed by atoms with van der Waals surface area (Å²) in [6, 6.07) is 12.5. The van der Waals surface area contributed by atoms with E-state index >= 15 is 0 Å². The molecule has 0 radical (unpaired) electrons. The molecule has 3 rings (SSSR count). The Kier molecular flexibility index (Phi) is 2.73. The average molecular weight is 257 g/mol. The molecule has 0 aliphatic heterocycles. The molecule has 2 nitrogen and oxygen atoms in total. The van der Waals surface area contributed by atoms with Gasteiger partial charge in [0, 0.05) is 15.1 Å². The van der Waals surface area contributed by atoms with Crippen molar-refractivity contribution in [1.29, 1.82) is 0 Å². The molecule has 3 aromatic rings. The lowest BCUT2D eigenvalue weighted by Gasteiger charge is -2.07. The summed E-state index contributed by atoms with van der Waals surface area (Å²) in [7, 11) is 0. The number of aryl methyl sites for hydroxylation is 2. The molecule has 18 heavy (non-hydrogen) atoms. The van der Waals surface area contributed by atoms with Gasteiger partial charge < -0.3 is 10.2 Å². The van der Waals surface area contributed by atoms with Gasteiger partial charge in [-0.1, -0.05) is 18.2 Å². The van der Waals surface area contributed by atoms with E-state index in [-0.39, 0.29) is 6.04 Å². The molecule has 1 atom stereocenters. The Morgan fingerprint density at radius 3 is 2.61 bits per heavy atom.